The maximum atomic E-state index is 13.0. The maximum Gasteiger partial charge on any atom is 0.499 e. The number of nitrogens with zero attached hydrogens (tertiary/aromatic N) is 3. The molecule has 0 aliphatic heterocycles. The van der Waals surface area contributed by atoms with Crippen molar-refractivity contribution in [1.29, 1.82) is 0 Å². The van der Waals surface area contributed by atoms with Crippen LogP contribution in [0.25, 0.3) is 11.1 Å². The van der Waals surface area contributed by atoms with E-state index in [-0.39, 0.29) is 0 Å². The molecule has 0 bridgehead atoms. The number of hydrogen-bond donors (Lipinski definition) is 1. The molecule has 5 nitrogen and oxygen atoms in total. The van der Waals surface area contributed by atoms with Crippen molar-refractivity contribution >= 4 is 0 Å². The summed E-state index contributed by atoms with van der Waals surface area (Å²) in [7, 11) is 0. The molecule has 3 aromatic rings. The minimum absolute atomic E-state index is 0.341. The summed E-state index contributed by atoms with van der Waals surface area (Å²) >= 11 is 0. The number of aromatic nitrogens is 3. The second-order valence-corrected chi connectivity index (χ2v) is 8.16. The Morgan fingerprint density at radius 2 is 1.34 bits per heavy atom. The van der Waals surface area contributed by atoms with Gasteiger partial charge in [0.15, 0.2) is 0 Å². The molecule has 0 spiro atoms. The molecule has 1 unspecified atom stereocenters. The lowest BCUT2D eigenvalue weighted by Gasteiger charge is -2.39. The summed E-state index contributed by atoms with van der Waals surface area (Å²) in [6, 6.07) is 7.95. The zero-order valence-electron chi connectivity index (χ0n) is 17.4. The molecule has 2 heterocycles. The fourth-order valence-electron chi connectivity index (χ4n) is 3.15. The lowest BCUT2D eigenvalue weighted by atomic mass is 9.70. The van der Waals surface area contributed by atoms with E-state index in [1.165, 1.54) is 37.1 Å². The minimum Gasteiger partial charge on any atom is -0.426 e. The largest absolute Gasteiger partial charge is 0.499 e. The Morgan fingerprint density at radius 3 is 1.81 bits per heavy atom. The molecule has 1 N–H and O–H groups in total. The van der Waals surface area contributed by atoms with Crippen molar-refractivity contribution in [2.75, 3.05) is 0 Å². The summed E-state index contributed by atoms with van der Waals surface area (Å²) in [6.45, 7) is 5.52. The van der Waals surface area contributed by atoms with E-state index in [2.05, 4.69) is 19.7 Å². The van der Waals surface area contributed by atoms with Crippen molar-refractivity contribution in [2.45, 2.75) is 38.7 Å². The average Bonchev–Trinajstić information content (AvgIpc) is 2.72. The van der Waals surface area contributed by atoms with Gasteiger partial charge in [0.1, 0.15) is 17.7 Å². The Bertz CT molecular complexity index is 1050. The average molecular weight is 453 g/mol. The molecule has 3 rings (SSSR count). The van der Waals surface area contributed by atoms with Crippen molar-refractivity contribution in [1.82, 2.24) is 15.0 Å². The Kier molecular flexibility index (Phi) is 5.94. The van der Waals surface area contributed by atoms with Crippen LogP contribution in [0, 0.1) is 5.41 Å². The number of halogens is 5. The van der Waals surface area contributed by atoms with Gasteiger partial charge < -0.3 is 9.84 Å². The number of benzene rings is 1. The van der Waals surface area contributed by atoms with Crippen LogP contribution in [-0.2, 0) is 5.60 Å². The van der Waals surface area contributed by atoms with Crippen molar-refractivity contribution in [3.8, 4) is 16.9 Å². The SMILES string of the molecule is CC(C)(C)C(O)(c1cncnc1)c1ccc(-c2ccc(OC(F)(F)C(F)(F)F)cc2)cn1. The quantitative estimate of drug-likeness (QED) is 0.527. The molecular weight excluding hydrogens is 433 g/mol. The van der Waals surface area contributed by atoms with E-state index in [4.69, 9.17) is 0 Å². The summed E-state index contributed by atoms with van der Waals surface area (Å²) < 4.78 is 66.8. The second-order valence-electron chi connectivity index (χ2n) is 8.16. The molecule has 1 aromatic carbocycles. The van der Waals surface area contributed by atoms with E-state index >= 15 is 0 Å². The highest BCUT2D eigenvalue weighted by molar-refractivity contribution is 5.63. The van der Waals surface area contributed by atoms with Crippen molar-refractivity contribution < 1.29 is 31.8 Å². The van der Waals surface area contributed by atoms with Crippen molar-refractivity contribution in [2.24, 2.45) is 5.41 Å². The topological polar surface area (TPSA) is 68.1 Å². The van der Waals surface area contributed by atoms with Gasteiger partial charge in [-0.05, 0) is 23.8 Å². The zero-order chi connectivity index (χ0) is 23.8. The van der Waals surface area contributed by atoms with Gasteiger partial charge in [-0.3, -0.25) is 4.98 Å². The first-order valence-corrected chi connectivity index (χ1v) is 9.44. The normalized spacial score (nSPS) is 14.7. The summed E-state index contributed by atoms with van der Waals surface area (Å²) in [4.78, 5) is 12.3. The number of pyridine rings is 1. The predicted octanol–water partition coefficient (Wildman–Crippen LogP) is 5.35. The molecule has 10 heteroatoms. The minimum atomic E-state index is -5.82. The van der Waals surface area contributed by atoms with Crippen LogP contribution < -0.4 is 4.74 Å². The predicted molar refractivity (Wildman–Crippen MR) is 106 cm³/mol. The van der Waals surface area contributed by atoms with Gasteiger partial charge in [-0.15, -0.1) is 0 Å². The first-order chi connectivity index (χ1) is 14.8. The van der Waals surface area contributed by atoms with Crippen LogP contribution in [0.15, 0.2) is 61.3 Å². The van der Waals surface area contributed by atoms with Crippen LogP contribution >= 0.6 is 0 Å². The van der Waals surface area contributed by atoms with E-state index in [1.54, 1.807) is 12.1 Å². The first kappa shape index (κ1) is 23.5. The Labute approximate surface area is 180 Å². The summed E-state index contributed by atoms with van der Waals surface area (Å²) in [5, 5.41) is 11.5. The fourth-order valence-corrected chi connectivity index (χ4v) is 3.15. The molecule has 32 heavy (non-hydrogen) atoms. The van der Waals surface area contributed by atoms with E-state index in [0.717, 1.165) is 12.1 Å². The molecule has 0 fully saturated rings. The van der Waals surface area contributed by atoms with Gasteiger partial charge in [-0.25, -0.2) is 9.97 Å². The van der Waals surface area contributed by atoms with Crippen LogP contribution in [0.1, 0.15) is 32.0 Å². The Morgan fingerprint density at radius 1 is 0.781 bits per heavy atom. The third-order valence-corrected chi connectivity index (χ3v) is 4.96. The van der Waals surface area contributed by atoms with E-state index in [1.807, 2.05) is 20.8 Å². The molecule has 0 radical (unpaired) electrons. The molecule has 0 amide bonds. The highest BCUT2D eigenvalue weighted by atomic mass is 19.4. The van der Waals surface area contributed by atoms with Crippen LogP contribution in [0.5, 0.6) is 5.75 Å². The number of rotatable bonds is 5. The molecule has 0 saturated carbocycles. The van der Waals surface area contributed by atoms with Gasteiger partial charge in [-0.2, -0.15) is 22.0 Å². The summed E-state index contributed by atoms with van der Waals surface area (Å²) in [5.41, 5.74) is -0.312. The summed E-state index contributed by atoms with van der Waals surface area (Å²) in [5.74, 6) is -0.633. The standard InChI is InChI=1S/C22H20F5N3O2/c1-19(2,3)20(31,16-11-28-13-29-12-16)18-9-6-15(10-30-18)14-4-7-17(8-5-14)32-22(26,27)21(23,24)25/h4-13,31H,1-3H3. The lowest BCUT2D eigenvalue weighted by Crippen LogP contribution is -2.42. The molecule has 2 aromatic heterocycles. The number of alkyl halides is 5. The second kappa shape index (κ2) is 8.09. The van der Waals surface area contributed by atoms with E-state index in [9.17, 15) is 27.1 Å². The van der Waals surface area contributed by atoms with Gasteiger partial charge in [0, 0.05) is 35.1 Å². The molecule has 1 atom stereocenters. The number of hydrogen-bond acceptors (Lipinski definition) is 5. The van der Waals surface area contributed by atoms with Crippen LogP contribution in [-0.4, -0.2) is 32.3 Å². The first-order valence-electron chi connectivity index (χ1n) is 9.44. The Balaban J connectivity index is 1.88. The van der Waals surface area contributed by atoms with Gasteiger partial charge in [0.2, 0.25) is 0 Å². The van der Waals surface area contributed by atoms with Crippen molar-refractivity contribution in [3.63, 3.8) is 0 Å². The third-order valence-electron chi connectivity index (χ3n) is 4.96. The molecule has 0 aliphatic carbocycles. The number of aliphatic hydroxyl groups is 1. The van der Waals surface area contributed by atoms with Crippen LogP contribution in [0.2, 0.25) is 0 Å². The van der Waals surface area contributed by atoms with Gasteiger partial charge in [-0.1, -0.05) is 39.0 Å². The monoisotopic (exact) mass is 453 g/mol. The number of ether oxygens (including phenoxy) is 1. The van der Waals surface area contributed by atoms with Crippen LogP contribution in [0.4, 0.5) is 22.0 Å². The van der Waals surface area contributed by atoms with Gasteiger partial charge in [0.25, 0.3) is 0 Å². The van der Waals surface area contributed by atoms with Crippen molar-refractivity contribution in [3.05, 3.63) is 72.6 Å². The lowest BCUT2D eigenvalue weighted by molar-refractivity contribution is -0.360. The third kappa shape index (κ3) is 4.40. The highest BCUT2D eigenvalue weighted by Crippen LogP contribution is 2.43. The molecule has 0 aliphatic rings. The Hall–Kier alpha value is -3.14. The van der Waals surface area contributed by atoms with Gasteiger partial charge in [0.05, 0.1) is 5.69 Å². The van der Waals surface area contributed by atoms with E-state index < -0.39 is 29.1 Å². The van der Waals surface area contributed by atoms with E-state index in [0.29, 0.717) is 22.4 Å². The molecular formula is C22H20F5N3O2. The molecule has 170 valence electrons. The zero-order valence-corrected chi connectivity index (χ0v) is 17.4. The maximum absolute atomic E-state index is 13.0. The summed E-state index contributed by atoms with van der Waals surface area (Å²) in [6.07, 6.45) is -5.29. The fraction of sp³-hybridized carbons (Fsp3) is 0.318. The molecule has 0 saturated heterocycles. The van der Waals surface area contributed by atoms with Crippen LogP contribution in [0.3, 0.4) is 0 Å². The highest BCUT2D eigenvalue weighted by Gasteiger charge is 2.61. The smallest absolute Gasteiger partial charge is 0.426 e. The van der Waals surface area contributed by atoms with Gasteiger partial charge >= 0.3 is 12.3 Å².